The van der Waals surface area contributed by atoms with Gasteiger partial charge in [0, 0.05) is 12.1 Å². The van der Waals surface area contributed by atoms with Gasteiger partial charge in [0.25, 0.3) is 0 Å². The monoisotopic (exact) mass is 236 g/mol. The van der Waals surface area contributed by atoms with Gasteiger partial charge < -0.3 is 5.32 Å². The van der Waals surface area contributed by atoms with E-state index in [0.717, 1.165) is 19.4 Å². The lowest BCUT2D eigenvalue weighted by molar-refractivity contribution is -0.134. The highest BCUT2D eigenvalue weighted by atomic mass is 16.2. The summed E-state index contributed by atoms with van der Waals surface area (Å²) in [5, 5.41) is 7.02. The van der Waals surface area contributed by atoms with Crippen molar-refractivity contribution in [3.05, 3.63) is 0 Å². The van der Waals surface area contributed by atoms with Gasteiger partial charge in [-0.3, -0.25) is 10.1 Å². The second kappa shape index (κ2) is 4.27. The average Bonchev–Trinajstić information content (AvgIpc) is 2.37. The Balaban J connectivity index is 1.80. The van der Waals surface area contributed by atoms with E-state index in [9.17, 15) is 4.79 Å². The molecule has 17 heavy (non-hydrogen) atoms. The molecule has 3 fully saturated rings. The molecule has 1 saturated heterocycles. The van der Waals surface area contributed by atoms with Crippen LogP contribution in [-0.2, 0) is 4.79 Å². The number of carbonyl (C=O) groups excluding carboxylic acids is 1. The van der Waals surface area contributed by atoms with Gasteiger partial charge in [0.2, 0.25) is 5.91 Å². The van der Waals surface area contributed by atoms with E-state index in [0.29, 0.717) is 0 Å². The first-order valence-corrected chi connectivity index (χ1v) is 7.33. The van der Waals surface area contributed by atoms with Gasteiger partial charge in [0.05, 0.1) is 5.54 Å². The van der Waals surface area contributed by atoms with E-state index in [1.165, 1.54) is 51.4 Å². The normalized spacial score (nSPS) is 31.4. The molecule has 2 spiro atoms. The summed E-state index contributed by atoms with van der Waals surface area (Å²) in [6.45, 7) is 0.855. The van der Waals surface area contributed by atoms with Gasteiger partial charge in [-0.15, -0.1) is 0 Å². The third-order valence-electron chi connectivity index (χ3n) is 5.04. The average molecular weight is 236 g/mol. The lowest BCUT2D eigenvalue weighted by Crippen LogP contribution is -2.73. The highest BCUT2D eigenvalue weighted by molar-refractivity contribution is 5.87. The van der Waals surface area contributed by atoms with Gasteiger partial charge in [-0.2, -0.15) is 0 Å². The number of piperazine rings is 1. The first-order valence-electron chi connectivity index (χ1n) is 7.33. The lowest BCUT2D eigenvalue weighted by atomic mass is 9.72. The van der Waals surface area contributed by atoms with Crippen molar-refractivity contribution in [3.63, 3.8) is 0 Å². The van der Waals surface area contributed by atoms with Crippen LogP contribution in [0.3, 0.4) is 0 Å². The predicted molar refractivity (Wildman–Crippen MR) is 67.8 cm³/mol. The Morgan fingerprint density at radius 1 is 0.824 bits per heavy atom. The van der Waals surface area contributed by atoms with Crippen LogP contribution in [0.2, 0.25) is 0 Å². The van der Waals surface area contributed by atoms with Gasteiger partial charge >= 0.3 is 0 Å². The van der Waals surface area contributed by atoms with Crippen molar-refractivity contribution < 1.29 is 4.79 Å². The molecular weight excluding hydrogens is 212 g/mol. The minimum absolute atomic E-state index is 0.214. The number of nitrogens with one attached hydrogen (secondary N) is 2. The Bertz CT molecular complexity index is 301. The number of rotatable bonds is 0. The molecule has 1 aliphatic heterocycles. The van der Waals surface area contributed by atoms with Gasteiger partial charge in [0.15, 0.2) is 0 Å². The Labute approximate surface area is 104 Å². The number of hydrogen-bond acceptors (Lipinski definition) is 2. The standard InChI is InChI=1S/C14H24N2O/c17-12-14(9-5-2-6-10-14)16-13(11-15-12)7-3-1-4-8-13/h16H,1-11H2,(H,15,17). The van der Waals surface area contributed by atoms with Crippen molar-refractivity contribution in [2.75, 3.05) is 6.54 Å². The lowest BCUT2D eigenvalue weighted by Gasteiger charge is -2.51. The molecule has 3 heteroatoms. The fraction of sp³-hybridized carbons (Fsp3) is 0.929. The molecule has 0 bridgehead atoms. The fourth-order valence-corrected chi connectivity index (χ4v) is 4.06. The maximum absolute atomic E-state index is 12.2. The summed E-state index contributed by atoms with van der Waals surface area (Å²) in [5.74, 6) is 0.272. The minimum Gasteiger partial charge on any atom is -0.353 e. The van der Waals surface area contributed by atoms with Crippen molar-refractivity contribution in [1.82, 2.24) is 10.6 Å². The van der Waals surface area contributed by atoms with Gasteiger partial charge in [-0.1, -0.05) is 38.5 Å². The van der Waals surface area contributed by atoms with Crippen molar-refractivity contribution in [3.8, 4) is 0 Å². The summed E-state index contributed by atoms with van der Waals surface area (Å²) >= 11 is 0. The molecule has 0 aromatic heterocycles. The van der Waals surface area contributed by atoms with Crippen LogP contribution in [0.1, 0.15) is 64.2 Å². The summed E-state index contributed by atoms with van der Waals surface area (Å²) in [5.41, 5.74) is 0.0113. The van der Waals surface area contributed by atoms with Crippen molar-refractivity contribution >= 4 is 5.91 Å². The summed E-state index contributed by atoms with van der Waals surface area (Å²) in [6, 6.07) is 0. The number of amides is 1. The third-order valence-corrected chi connectivity index (χ3v) is 5.04. The zero-order valence-electron chi connectivity index (χ0n) is 10.7. The van der Waals surface area contributed by atoms with Crippen LogP contribution in [0.15, 0.2) is 0 Å². The van der Waals surface area contributed by atoms with E-state index < -0.39 is 0 Å². The molecule has 2 saturated carbocycles. The van der Waals surface area contributed by atoms with Crippen LogP contribution in [-0.4, -0.2) is 23.5 Å². The van der Waals surface area contributed by atoms with Crippen LogP contribution in [0.25, 0.3) is 0 Å². The molecule has 1 heterocycles. The Hall–Kier alpha value is -0.570. The van der Waals surface area contributed by atoms with Crippen molar-refractivity contribution in [2.24, 2.45) is 0 Å². The molecule has 0 atom stereocenters. The molecule has 2 aliphatic carbocycles. The summed E-state index contributed by atoms with van der Waals surface area (Å²) in [4.78, 5) is 12.2. The van der Waals surface area contributed by atoms with E-state index in [-0.39, 0.29) is 17.0 Å². The zero-order valence-corrected chi connectivity index (χ0v) is 10.7. The second-order valence-electron chi connectivity index (χ2n) is 6.29. The van der Waals surface area contributed by atoms with Crippen LogP contribution >= 0.6 is 0 Å². The van der Waals surface area contributed by atoms with E-state index in [2.05, 4.69) is 10.6 Å². The molecule has 3 aliphatic rings. The number of carbonyl (C=O) groups is 1. The molecular formula is C14H24N2O. The Morgan fingerprint density at radius 2 is 1.41 bits per heavy atom. The molecule has 0 aromatic carbocycles. The molecule has 0 radical (unpaired) electrons. The molecule has 3 nitrogen and oxygen atoms in total. The minimum atomic E-state index is -0.214. The van der Waals surface area contributed by atoms with Crippen LogP contribution < -0.4 is 10.6 Å². The SMILES string of the molecule is O=C1NCC2(CCCCC2)NC12CCCCC2. The summed E-state index contributed by atoms with van der Waals surface area (Å²) in [6.07, 6.45) is 12.3. The largest absolute Gasteiger partial charge is 0.353 e. The first-order chi connectivity index (χ1) is 8.25. The fourth-order valence-electron chi connectivity index (χ4n) is 4.06. The van der Waals surface area contributed by atoms with E-state index in [4.69, 9.17) is 0 Å². The predicted octanol–water partition coefficient (Wildman–Crippen LogP) is 2.11. The molecule has 0 unspecified atom stereocenters. The second-order valence-corrected chi connectivity index (χ2v) is 6.29. The van der Waals surface area contributed by atoms with Crippen LogP contribution in [0, 0.1) is 0 Å². The van der Waals surface area contributed by atoms with Crippen LogP contribution in [0.4, 0.5) is 0 Å². The quantitative estimate of drug-likeness (QED) is 0.676. The summed E-state index contributed by atoms with van der Waals surface area (Å²) < 4.78 is 0. The molecule has 3 rings (SSSR count). The van der Waals surface area contributed by atoms with E-state index in [1.54, 1.807) is 0 Å². The third kappa shape index (κ3) is 1.99. The van der Waals surface area contributed by atoms with Gasteiger partial charge in [-0.25, -0.2) is 0 Å². The molecule has 1 amide bonds. The van der Waals surface area contributed by atoms with Gasteiger partial charge in [0.1, 0.15) is 0 Å². The van der Waals surface area contributed by atoms with Gasteiger partial charge in [-0.05, 0) is 25.7 Å². The highest BCUT2D eigenvalue weighted by Crippen LogP contribution is 2.37. The molecule has 2 N–H and O–H groups in total. The van der Waals surface area contributed by atoms with Crippen LogP contribution in [0.5, 0.6) is 0 Å². The Morgan fingerprint density at radius 3 is 2.06 bits per heavy atom. The number of hydrogen-bond donors (Lipinski definition) is 2. The molecule has 0 aromatic rings. The maximum atomic E-state index is 12.2. The molecule has 96 valence electrons. The van der Waals surface area contributed by atoms with Crippen molar-refractivity contribution in [1.29, 1.82) is 0 Å². The Kier molecular flexibility index (Phi) is 2.89. The zero-order chi connectivity index (χ0) is 11.8. The first kappa shape index (κ1) is 11.5. The smallest absolute Gasteiger partial charge is 0.240 e. The highest BCUT2D eigenvalue weighted by Gasteiger charge is 2.49. The maximum Gasteiger partial charge on any atom is 0.240 e. The van der Waals surface area contributed by atoms with E-state index >= 15 is 0 Å². The van der Waals surface area contributed by atoms with Crippen molar-refractivity contribution in [2.45, 2.75) is 75.3 Å². The van der Waals surface area contributed by atoms with E-state index in [1.807, 2.05) is 0 Å². The topological polar surface area (TPSA) is 41.1 Å². The summed E-state index contributed by atoms with van der Waals surface area (Å²) in [7, 11) is 0.